The molecule has 0 saturated carbocycles. The Morgan fingerprint density at radius 3 is 2.38 bits per heavy atom. The van der Waals surface area contributed by atoms with Gasteiger partial charge in [-0.15, -0.1) is 0 Å². The molecule has 0 aliphatic carbocycles. The van der Waals surface area contributed by atoms with Crippen molar-refractivity contribution in [1.82, 2.24) is 5.32 Å². The van der Waals surface area contributed by atoms with Crippen molar-refractivity contribution in [3.63, 3.8) is 0 Å². The van der Waals surface area contributed by atoms with Crippen LogP contribution in [0.3, 0.4) is 0 Å². The van der Waals surface area contributed by atoms with Gasteiger partial charge < -0.3 is 10.1 Å². The number of rotatable bonds is 8. The van der Waals surface area contributed by atoms with Crippen LogP contribution in [0.25, 0.3) is 0 Å². The first-order chi connectivity index (χ1) is 12.4. The monoisotopic (exact) mass is 365 g/mol. The number of ether oxygens (including phenoxy) is 1. The summed E-state index contributed by atoms with van der Waals surface area (Å²) in [6.45, 7) is 0.803. The molecule has 0 aromatic heterocycles. The Kier molecular flexibility index (Phi) is 7.06. The van der Waals surface area contributed by atoms with Crippen molar-refractivity contribution in [2.24, 2.45) is 0 Å². The topological polar surface area (TPSA) is 38.3 Å². The van der Waals surface area contributed by atoms with Crippen molar-refractivity contribution in [2.75, 3.05) is 0 Å². The molecule has 0 heterocycles. The second kappa shape index (κ2) is 9.27. The Balaban J connectivity index is 2.05. The van der Waals surface area contributed by atoms with E-state index >= 15 is 0 Å². The average molecular weight is 365 g/mol. The molecular weight excluding hydrogens is 343 g/mol. The van der Waals surface area contributed by atoms with Crippen molar-refractivity contribution in [1.29, 1.82) is 0 Å². The maximum Gasteiger partial charge on any atom is 0.387 e. The number of benzene rings is 2. The van der Waals surface area contributed by atoms with E-state index in [1.54, 1.807) is 30.3 Å². The van der Waals surface area contributed by atoms with Gasteiger partial charge in [0.15, 0.2) is 0 Å². The van der Waals surface area contributed by atoms with Crippen LogP contribution in [0.4, 0.5) is 13.2 Å². The third-order valence-corrected chi connectivity index (χ3v) is 4.18. The van der Waals surface area contributed by atoms with Gasteiger partial charge >= 0.3 is 6.61 Å². The lowest BCUT2D eigenvalue weighted by molar-refractivity contribution is -0.122. The van der Waals surface area contributed by atoms with Gasteiger partial charge in [0.05, 0.1) is 6.04 Å². The second-order valence-corrected chi connectivity index (χ2v) is 6.10. The summed E-state index contributed by atoms with van der Waals surface area (Å²) in [5.41, 5.74) is 1.37. The van der Waals surface area contributed by atoms with E-state index in [2.05, 4.69) is 10.1 Å². The van der Waals surface area contributed by atoms with Crippen LogP contribution in [0.1, 0.15) is 49.8 Å². The van der Waals surface area contributed by atoms with E-state index in [4.69, 9.17) is 0 Å². The van der Waals surface area contributed by atoms with E-state index in [-0.39, 0.29) is 29.8 Å². The Hall–Kier alpha value is -2.50. The molecule has 0 aliphatic heterocycles. The zero-order chi connectivity index (χ0) is 19.1. The number of alkyl halides is 2. The minimum Gasteiger partial charge on any atom is -0.434 e. The van der Waals surface area contributed by atoms with Gasteiger partial charge in [-0.1, -0.05) is 44.2 Å². The van der Waals surface area contributed by atoms with Gasteiger partial charge in [-0.05, 0) is 36.1 Å². The summed E-state index contributed by atoms with van der Waals surface area (Å²) in [7, 11) is 0. The van der Waals surface area contributed by atoms with Crippen LogP contribution in [0.2, 0.25) is 0 Å². The maximum absolute atomic E-state index is 13.0. The van der Waals surface area contributed by atoms with Gasteiger partial charge in [-0.3, -0.25) is 4.79 Å². The summed E-state index contributed by atoms with van der Waals surface area (Å²) < 4.78 is 42.7. The predicted octanol–water partition coefficient (Wildman–Crippen LogP) is 5.19. The fraction of sp³-hybridized carbons (Fsp3) is 0.350. The smallest absolute Gasteiger partial charge is 0.387 e. The van der Waals surface area contributed by atoms with Crippen LogP contribution in [-0.4, -0.2) is 12.5 Å². The van der Waals surface area contributed by atoms with Crippen molar-refractivity contribution in [3.8, 4) is 5.75 Å². The summed E-state index contributed by atoms with van der Waals surface area (Å²) in [5.74, 6) is -0.575. The van der Waals surface area contributed by atoms with Crippen molar-refractivity contribution >= 4 is 5.91 Å². The molecule has 0 radical (unpaired) electrons. The molecule has 1 N–H and O–H groups in total. The molecule has 2 aromatic carbocycles. The van der Waals surface area contributed by atoms with Crippen molar-refractivity contribution in [2.45, 2.75) is 45.3 Å². The molecule has 0 saturated heterocycles. The van der Waals surface area contributed by atoms with Crippen molar-refractivity contribution in [3.05, 3.63) is 65.5 Å². The van der Waals surface area contributed by atoms with Gasteiger partial charge in [0.25, 0.3) is 0 Å². The highest BCUT2D eigenvalue weighted by Gasteiger charge is 2.20. The number of para-hydroxylation sites is 1. The molecule has 0 bridgehead atoms. The largest absolute Gasteiger partial charge is 0.434 e. The molecule has 140 valence electrons. The number of amides is 1. The lowest BCUT2D eigenvalue weighted by atomic mass is 9.96. The van der Waals surface area contributed by atoms with Gasteiger partial charge in [0, 0.05) is 12.0 Å². The van der Waals surface area contributed by atoms with Crippen LogP contribution < -0.4 is 10.1 Å². The van der Waals surface area contributed by atoms with Crippen molar-refractivity contribution < 1.29 is 22.7 Å². The molecular formula is C20H22F3NO2. The normalized spacial score (nSPS) is 13.3. The number of carbonyl (C=O) groups excluding carboxylic acids is 1. The molecule has 0 spiro atoms. The highest BCUT2D eigenvalue weighted by molar-refractivity contribution is 5.77. The van der Waals surface area contributed by atoms with E-state index < -0.39 is 12.7 Å². The van der Waals surface area contributed by atoms with Crippen LogP contribution in [0, 0.1) is 5.82 Å². The molecule has 2 aromatic rings. The summed E-state index contributed by atoms with van der Waals surface area (Å²) in [6.07, 6.45) is 0.736. The minimum atomic E-state index is -2.93. The Labute approximate surface area is 151 Å². The molecule has 2 atom stereocenters. The first-order valence-electron chi connectivity index (χ1n) is 8.49. The fourth-order valence-corrected chi connectivity index (χ4v) is 2.81. The third kappa shape index (κ3) is 5.51. The number of halogens is 3. The molecule has 0 fully saturated rings. The summed E-state index contributed by atoms with van der Waals surface area (Å²) in [5, 5.41) is 2.87. The molecule has 1 amide bonds. The van der Waals surface area contributed by atoms with E-state index in [1.165, 1.54) is 18.2 Å². The number of carbonyl (C=O) groups is 1. The number of hydrogen-bond donors (Lipinski definition) is 1. The first-order valence-corrected chi connectivity index (χ1v) is 8.49. The SMILES string of the molecule is CCC(NC(=O)CC(C)c1ccc(F)cc1)c1ccccc1OC(F)F. The molecule has 2 rings (SSSR count). The highest BCUT2D eigenvalue weighted by atomic mass is 19.3. The van der Waals surface area contributed by atoms with E-state index in [9.17, 15) is 18.0 Å². The minimum absolute atomic E-state index is 0.0567. The van der Waals surface area contributed by atoms with E-state index in [0.29, 0.717) is 12.0 Å². The summed E-state index contributed by atoms with van der Waals surface area (Å²) in [6, 6.07) is 12.0. The lowest BCUT2D eigenvalue weighted by Gasteiger charge is -2.21. The predicted molar refractivity (Wildman–Crippen MR) is 93.7 cm³/mol. The molecule has 6 heteroatoms. The van der Waals surface area contributed by atoms with Crippen LogP contribution in [-0.2, 0) is 4.79 Å². The van der Waals surface area contributed by atoms with Crippen LogP contribution >= 0.6 is 0 Å². The Morgan fingerprint density at radius 2 is 1.77 bits per heavy atom. The van der Waals surface area contributed by atoms with Gasteiger partial charge in [0.2, 0.25) is 5.91 Å². The number of nitrogens with one attached hydrogen (secondary N) is 1. The first kappa shape index (κ1) is 19.8. The number of hydrogen-bond acceptors (Lipinski definition) is 2. The Morgan fingerprint density at radius 1 is 1.12 bits per heavy atom. The maximum atomic E-state index is 13.0. The van der Waals surface area contributed by atoms with Crippen LogP contribution in [0.15, 0.2) is 48.5 Å². The van der Waals surface area contributed by atoms with Gasteiger partial charge in [0.1, 0.15) is 11.6 Å². The third-order valence-electron chi connectivity index (χ3n) is 4.18. The second-order valence-electron chi connectivity index (χ2n) is 6.10. The molecule has 0 aliphatic rings. The van der Waals surface area contributed by atoms with Gasteiger partial charge in [-0.2, -0.15) is 8.78 Å². The van der Waals surface area contributed by atoms with Gasteiger partial charge in [-0.25, -0.2) is 4.39 Å². The van der Waals surface area contributed by atoms with E-state index in [1.807, 2.05) is 13.8 Å². The highest BCUT2D eigenvalue weighted by Crippen LogP contribution is 2.29. The average Bonchev–Trinajstić information content (AvgIpc) is 2.60. The Bertz CT molecular complexity index is 719. The molecule has 26 heavy (non-hydrogen) atoms. The van der Waals surface area contributed by atoms with E-state index in [0.717, 1.165) is 5.56 Å². The quantitative estimate of drug-likeness (QED) is 0.699. The zero-order valence-electron chi connectivity index (χ0n) is 14.7. The summed E-state index contributed by atoms with van der Waals surface area (Å²) in [4.78, 5) is 12.4. The summed E-state index contributed by atoms with van der Waals surface area (Å²) >= 11 is 0. The molecule has 3 nitrogen and oxygen atoms in total. The zero-order valence-corrected chi connectivity index (χ0v) is 14.7. The van der Waals surface area contributed by atoms with Crippen LogP contribution in [0.5, 0.6) is 5.75 Å². The standard InChI is InChI=1S/C20H22F3NO2/c1-3-17(16-6-4-5-7-18(16)26-20(22)23)24-19(25)12-13(2)14-8-10-15(21)11-9-14/h4-11,13,17,20H,3,12H2,1-2H3,(H,24,25). The molecule has 2 unspecified atom stereocenters. The lowest BCUT2D eigenvalue weighted by Crippen LogP contribution is -2.29. The fourth-order valence-electron chi connectivity index (χ4n) is 2.81.